The third kappa shape index (κ3) is 3.66. The van der Waals surface area contributed by atoms with E-state index in [9.17, 15) is 14.7 Å². The van der Waals surface area contributed by atoms with Gasteiger partial charge in [-0.2, -0.15) is 0 Å². The summed E-state index contributed by atoms with van der Waals surface area (Å²) >= 11 is 0. The van der Waals surface area contributed by atoms with Gasteiger partial charge in [0.25, 0.3) is 0 Å². The van der Waals surface area contributed by atoms with Gasteiger partial charge in [0.05, 0.1) is 31.9 Å². The van der Waals surface area contributed by atoms with Crippen LogP contribution in [0, 0.1) is 0 Å². The highest BCUT2D eigenvalue weighted by Crippen LogP contribution is 2.40. The fourth-order valence-electron chi connectivity index (χ4n) is 3.83. The minimum absolute atomic E-state index is 0.168. The summed E-state index contributed by atoms with van der Waals surface area (Å²) in [6.45, 7) is 1.90. The van der Waals surface area contributed by atoms with Gasteiger partial charge in [0.2, 0.25) is 0 Å². The first kappa shape index (κ1) is 20.0. The number of esters is 2. The maximum atomic E-state index is 12.8. The van der Waals surface area contributed by atoms with Crippen molar-refractivity contribution in [2.24, 2.45) is 0 Å². The predicted octanol–water partition coefficient (Wildman–Crippen LogP) is 2.50. The summed E-state index contributed by atoms with van der Waals surface area (Å²) in [4.78, 5) is 24.9. The Morgan fingerprint density at radius 2 is 1.96 bits per heavy atom. The molecule has 1 aliphatic rings. The molecule has 148 valence electrons. The van der Waals surface area contributed by atoms with E-state index in [1.54, 1.807) is 25.1 Å². The highest BCUT2D eigenvalue weighted by atomic mass is 16.5. The van der Waals surface area contributed by atoms with Crippen LogP contribution in [-0.2, 0) is 26.2 Å². The number of aliphatic hydroxyl groups excluding tert-OH is 1. The number of hydrogen-bond donors (Lipinski definition) is 2. The van der Waals surface area contributed by atoms with Crippen LogP contribution < -0.4 is 5.32 Å². The third-order valence-electron chi connectivity index (χ3n) is 5.18. The fourth-order valence-corrected chi connectivity index (χ4v) is 3.83. The van der Waals surface area contributed by atoms with Crippen LogP contribution in [0.4, 0.5) is 0 Å². The van der Waals surface area contributed by atoms with E-state index >= 15 is 0 Å². The Morgan fingerprint density at radius 1 is 1.21 bits per heavy atom. The lowest BCUT2D eigenvalue weighted by atomic mass is 9.89. The molecule has 0 bridgehead atoms. The Hall–Kier alpha value is -2.70. The summed E-state index contributed by atoms with van der Waals surface area (Å²) in [7, 11) is 1.35. The summed E-state index contributed by atoms with van der Waals surface area (Å²) in [6, 6.07) is 14.3. The summed E-state index contributed by atoms with van der Waals surface area (Å²) in [5, 5.41) is 13.3. The number of carbonyl (C=O) groups excluding carboxylic acids is 2. The van der Waals surface area contributed by atoms with Crippen LogP contribution >= 0.6 is 0 Å². The summed E-state index contributed by atoms with van der Waals surface area (Å²) < 4.78 is 10.2. The standard InChI is InChI=1S/C22H25NO5/c1-3-28-20(25)17-9-10-18-16(13-17)11-12-22(18,21(26)27-2)23-19(14-24)15-7-5-4-6-8-15/h4-10,13,19,23-24H,3,11-12,14H2,1-2H3/t19-,22+/m1/s1. The molecule has 0 aromatic heterocycles. The molecule has 0 fully saturated rings. The zero-order valence-electron chi connectivity index (χ0n) is 16.1. The number of ether oxygens (including phenoxy) is 2. The number of methoxy groups -OCH3 is 1. The van der Waals surface area contributed by atoms with Crippen LogP contribution in [0.2, 0.25) is 0 Å². The number of fused-ring (bicyclic) bond motifs is 1. The summed E-state index contributed by atoms with van der Waals surface area (Å²) in [6.07, 6.45) is 1.09. The number of aliphatic hydroxyl groups is 1. The molecule has 0 amide bonds. The van der Waals surface area contributed by atoms with Crippen LogP contribution in [0.25, 0.3) is 0 Å². The van der Waals surface area contributed by atoms with E-state index in [2.05, 4.69) is 5.32 Å². The molecule has 0 saturated heterocycles. The number of hydrogen-bond acceptors (Lipinski definition) is 6. The van der Waals surface area contributed by atoms with Gasteiger partial charge in [-0.1, -0.05) is 36.4 Å². The Labute approximate surface area is 164 Å². The van der Waals surface area contributed by atoms with Crippen LogP contribution in [0.5, 0.6) is 0 Å². The third-order valence-corrected chi connectivity index (χ3v) is 5.18. The van der Waals surface area contributed by atoms with Crippen molar-refractivity contribution in [2.45, 2.75) is 31.3 Å². The minimum atomic E-state index is -1.08. The zero-order chi connectivity index (χ0) is 20.1. The van der Waals surface area contributed by atoms with E-state index < -0.39 is 17.6 Å². The Kier molecular flexibility index (Phi) is 6.11. The topological polar surface area (TPSA) is 84.9 Å². The van der Waals surface area contributed by atoms with Gasteiger partial charge < -0.3 is 14.6 Å². The molecule has 0 unspecified atom stereocenters. The number of rotatable bonds is 7. The average Bonchev–Trinajstić information content (AvgIpc) is 3.11. The second-order valence-corrected chi connectivity index (χ2v) is 6.78. The van der Waals surface area contributed by atoms with Gasteiger partial charge in [-0.05, 0) is 48.6 Å². The molecular weight excluding hydrogens is 358 g/mol. The first-order valence-electron chi connectivity index (χ1n) is 9.38. The van der Waals surface area contributed by atoms with Crippen LogP contribution in [-0.4, -0.2) is 37.4 Å². The number of carbonyl (C=O) groups is 2. The first-order valence-corrected chi connectivity index (χ1v) is 9.38. The molecule has 0 saturated carbocycles. The first-order chi connectivity index (χ1) is 13.6. The van der Waals surface area contributed by atoms with Crippen molar-refractivity contribution >= 4 is 11.9 Å². The fraction of sp³-hybridized carbons (Fsp3) is 0.364. The van der Waals surface area contributed by atoms with Crippen molar-refractivity contribution in [2.75, 3.05) is 20.3 Å². The molecule has 0 heterocycles. The van der Waals surface area contributed by atoms with Crippen LogP contribution in [0.1, 0.15) is 46.4 Å². The highest BCUT2D eigenvalue weighted by molar-refractivity contribution is 5.91. The number of nitrogens with one attached hydrogen (secondary N) is 1. The van der Waals surface area contributed by atoms with E-state index in [-0.39, 0.29) is 12.6 Å². The maximum absolute atomic E-state index is 12.8. The molecule has 2 aromatic carbocycles. The van der Waals surface area contributed by atoms with Crippen molar-refractivity contribution < 1.29 is 24.2 Å². The molecule has 3 rings (SSSR count). The largest absolute Gasteiger partial charge is 0.467 e. The molecule has 1 aliphatic carbocycles. The lowest BCUT2D eigenvalue weighted by Crippen LogP contribution is -2.50. The molecule has 2 atom stereocenters. The van der Waals surface area contributed by atoms with Gasteiger partial charge in [-0.15, -0.1) is 0 Å². The molecular formula is C22H25NO5. The van der Waals surface area contributed by atoms with Gasteiger partial charge in [0.15, 0.2) is 0 Å². The summed E-state index contributed by atoms with van der Waals surface area (Å²) in [5.74, 6) is -0.795. The van der Waals surface area contributed by atoms with Gasteiger partial charge in [-0.25, -0.2) is 9.59 Å². The van der Waals surface area contributed by atoms with E-state index in [0.29, 0.717) is 25.0 Å². The smallest absolute Gasteiger partial charge is 0.338 e. The molecule has 2 N–H and O–H groups in total. The lowest BCUT2D eigenvalue weighted by Gasteiger charge is -2.33. The average molecular weight is 383 g/mol. The molecule has 28 heavy (non-hydrogen) atoms. The highest BCUT2D eigenvalue weighted by Gasteiger charge is 2.47. The van der Waals surface area contributed by atoms with Crippen LogP contribution in [0.15, 0.2) is 48.5 Å². The minimum Gasteiger partial charge on any atom is -0.467 e. The van der Waals surface area contributed by atoms with E-state index in [1.807, 2.05) is 30.3 Å². The molecule has 6 heteroatoms. The van der Waals surface area contributed by atoms with Gasteiger partial charge >= 0.3 is 11.9 Å². The molecule has 6 nitrogen and oxygen atoms in total. The Bertz CT molecular complexity index is 851. The number of benzene rings is 2. The van der Waals surface area contributed by atoms with Gasteiger partial charge in [0.1, 0.15) is 5.54 Å². The van der Waals surface area contributed by atoms with Crippen molar-refractivity contribution in [1.29, 1.82) is 0 Å². The SMILES string of the molecule is CCOC(=O)c1ccc2c(c1)CC[C@@]2(N[C@H](CO)c1ccccc1)C(=O)OC. The van der Waals surface area contributed by atoms with E-state index in [4.69, 9.17) is 9.47 Å². The molecule has 0 radical (unpaired) electrons. The lowest BCUT2D eigenvalue weighted by molar-refractivity contribution is -0.149. The van der Waals surface area contributed by atoms with Gasteiger partial charge in [0, 0.05) is 0 Å². The molecule has 0 aliphatic heterocycles. The van der Waals surface area contributed by atoms with Crippen molar-refractivity contribution in [3.05, 3.63) is 70.8 Å². The van der Waals surface area contributed by atoms with E-state index in [1.165, 1.54) is 7.11 Å². The van der Waals surface area contributed by atoms with Crippen molar-refractivity contribution in [3.63, 3.8) is 0 Å². The van der Waals surface area contributed by atoms with Crippen molar-refractivity contribution in [1.82, 2.24) is 5.32 Å². The predicted molar refractivity (Wildman–Crippen MR) is 104 cm³/mol. The normalized spacial score (nSPS) is 19.0. The summed E-state index contributed by atoms with van der Waals surface area (Å²) in [5.41, 5.74) is 1.92. The Morgan fingerprint density at radius 3 is 2.61 bits per heavy atom. The quantitative estimate of drug-likeness (QED) is 0.715. The maximum Gasteiger partial charge on any atom is 0.338 e. The molecule has 0 spiro atoms. The molecule has 2 aromatic rings. The monoisotopic (exact) mass is 383 g/mol. The second kappa shape index (κ2) is 8.54. The zero-order valence-corrected chi connectivity index (χ0v) is 16.1. The van der Waals surface area contributed by atoms with Gasteiger partial charge in [-0.3, -0.25) is 5.32 Å². The Balaban J connectivity index is 1.99. The van der Waals surface area contributed by atoms with Crippen LogP contribution in [0.3, 0.4) is 0 Å². The van der Waals surface area contributed by atoms with E-state index in [0.717, 1.165) is 16.7 Å². The second-order valence-electron chi connectivity index (χ2n) is 6.78. The van der Waals surface area contributed by atoms with Crippen molar-refractivity contribution in [3.8, 4) is 0 Å². The number of aryl methyl sites for hydroxylation is 1.